The third-order valence-corrected chi connectivity index (χ3v) is 6.73. The number of rotatable bonds is 10. The molecular formula is C22H24Cl2N2O5S. The van der Waals surface area contributed by atoms with E-state index in [1.54, 1.807) is 24.3 Å². The van der Waals surface area contributed by atoms with Crippen molar-refractivity contribution in [3.63, 3.8) is 0 Å². The quantitative estimate of drug-likeness (QED) is 0.385. The lowest BCUT2D eigenvalue weighted by atomic mass is 10.2. The summed E-state index contributed by atoms with van der Waals surface area (Å²) in [6.07, 6.45) is 1.09. The first kappa shape index (κ1) is 25.7. The van der Waals surface area contributed by atoms with E-state index in [1.165, 1.54) is 25.1 Å². The van der Waals surface area contributed by atoms with Crippen molar-refractivity contribution < 1.29 is 22.7 Å². The van der Waals surface area contributed by atoms with Crippen LogP contribution in [0.4, 0.5) is 5.69 Å². The number of carbonyl (C=O) groups excluding carboxylic acids is 2. The molecule has 0 aliphatic carbocycles. The third kappa shape index (κ3) is 6.25. The van der Waals surface area contributed by atoms with Gasteiger partial charge in [-0.2, -0.15) is 0 Å². The molecule has 0 saturated carbocycles. The molecule has 0 saturated heterocycles. The summed E-state index contributed by atoms with van der Waals surface area (Å²) in [5.41, 5.74) is 0.201. The second-order valence-corrected chi connectivity index (χ2v) is 9.49. The first-order valence-corrected chi connectivity index (χ1v) is 12.0. The van der Waals surface area contributed by atoms with Crippen molar-refractivity contribution in [1.82, 2.24) is 5.32 Å². The van der Waals surface area contributed by atoms with Gasteiger partial charge in [-0.3, -0.25) is 9.10 Å². The number of halogens is 2. The van der Waals surface area contributed by atoms with Crippen LogP contribution in [0.3, 0.4) is 0 Å². The summed E-state index contributed by atoms with van der Waals surface area (Å²) < 4.78 is 33.0. The van der Waals surface area contributed by atoms with Crippen LogP contribution in [0.25, 0.3) is 0 Å². The normalized spacial score (nSPS) is 12.0. The highest BCUT2D eigenvalue weighted by Crippen LogP contribution is 2.28. The largest absolute Gasteiger partial charge is 0.449 e. The molecule has 0 aliphatic rings. The number of hydrogen-bond acceptors (Lipinski definition) is 5. The Morgan fingerprint density at radius 2 is 1.84 bits per heavy atom. The summed E-state index contributed by atoms with van der Waals surface area (Å²) in [4.78, 5) is 24.4. The van der Waals surface area contributed by atoms with Gasteiger partial charge in [0.05, 0.1) is 27.7 Å². The van der Waals surface area contributed by atoms with Crippen molar-refractivity contribution in [2.24, 2.45) is 0 Å². The van der Waals surface area contributed by atoms with Gasteiger partial charge in [-0.15, -0.1) is 6.58 Å². The zero-order valence-corrected chi connectivity index (χ0v) is 20.0. The summed E-state index contributed by atoms with van der Waals surface area (Å²) in [5, 5.41) is 3.07. The van der Waals surface area contributed by atoms with Gasteiger partial charge in [0.25, 0.3) is 15.9 Å². The van der Waals surface area contributed by atoms with E-state index in [0.717, 1.165) is 16.8 Å². The molecule has 1 N–H and O–H groups in total. The van der Waals surface area contributed by atoms with Crippen molar-refractivity contribution >= 4 is 50.8 Å². The topological polar surface area (TPSA) is 92.8 Å². The molecule has 0 heterocycles. The molecule has 2 aromatic carbocycles. The maximum atomic E-state index is 13.3. The number of esters is 1. The van der Waals surface area contributed by atoms with Gasteiger partial charge in [-0.1, -0.05) is 36.2 Å². The van der Waals surface area contributed by atoms with Gasteiger partial charge in [0.2, 0.25) is 0 Å². The van der Waals surface area contributed by atoms with Crippen LogP contribution >= 0.6 is 23.2 Å². The molecule has 0 fully saturated rings. The number of benzene rings is 2. The zero-order valence-electron chi connectivity index (χ0n) is 17.7. The number of nitrogens with one attached hydrogen (secondary N) is 1. The van der Waals surface area contributed by atoms with Crippen LogP contribution in [0.1, 0.15) is 30.6 Å². The molecule has 32 heavy (non-hydrogen) atoms. The van der Waals surface area contributed by atoms with E-state index in [0.29, 0.717) is 17.3 Å². The average molecular weight is 499 g/mol. The van der Waals surface area contributed by atoms with E-state index in [9.17, 15) is 18.0 Å². The molecular weight excluding hydrogens is 475 g/mol. The van der Waals surface area contributed by atoms with Gasteiger partial charge in [0, 0.05) is 11.6 Å². The first-order chi connectivity index (χ1) is 15.1. The Labute approximate surface area is 198 Å². The van der Waals surface area contributed by atoms with Gasteiger partial charge < -0.3 is 10.1 Å². The fourth-order valence-electron chi connectivity index (χ4n) is 2.68. The number of hydrogen-bond donors (Lipinski definition) is 1. The van der Waals surface area contributed by atoms with E-state index >= 15 is 0 Å². The molecule has 0 bridgehead atoms. The van der Waals surface area contributed by atoms with Crippen molar-refractivity contribution in [1.29, 1.82) is 0 Å². The summed E-state index contributed by atoms with van der Waals surface area (Å²) >= 11 is 12.0. The van der Waals surface area contributed by atoms with Gasteiger partial charge in [0.15, 0.2) is 6.10 Å². The number of sulfonamides is 1. The van der Waals surface area contributed by atoms with Gasteiger partial charge in [0.1, 0.15) is 0 Å². The molecule has 1 unspecified atom stereocenters. The van der Waals surface area contributed by atoms with E-state index in [4.69, 9.17) is 27.9 Å². The predicted octanol–water partition coefficient (Wildman–Crippen LogP) is 4.45. The lowest BCUT2D eigenvalue weighted by Crippen LogP contribution is -2.36. The maximum absolute atomic E-state index is 13.3. The second-order valence-electron chi connectivity index (χ2n) is 6.78. The highest BCUT2D eigenvalue weighted by Gasteiger charge is 2.27. The minimum Gasteiger partial charge on any atom is -0.449 e. The van der Waals surface area contributed by atoms with E-state index in [2.05, 4.69) is 11.9 Å². The van der Waals surface area contributed by atoms with Gasteiger partial charge in [-0.25, -0.2) is 13.2 Å². The van der Waals surface area contributed by atoms with Gasteiger partial charge >= 0.3 is 5.97 Å². The first-order valence-electron chi connectivity index (χ1n) is 9.79. The van der Waals surface area contributed by atoms with Crippen LogP contribution in [-0.2, 0) is 19.6 Å². The van der Waals surface area contributed by atoms with Crippen LogP contribution < -0.4 is 9.62 Å². The second kappa shape index (κ2) is 11.4. The minimum atomic E-state index is -4.09. The van der Waals surface area contributed by atoms with Crippen molar-refractivity contribution in [3.05, 3.63) is 70.7 Å². The molecule has 7 nitrogen and oxygen atoms in total. The number of carbonyl (C=O) groups is 2. The molecule has 1 atom stereocenters. The minimum absolute atomic E-state index is 0.00289. The van der Waals surface area contributed by atoms with Crippen molar-refractivity contribution in [2.75, 3.05) is 17.4 Å². The van der Waals surface area contributed by atoms with Crippen LogP contribution in [0.5, 0.6) is 0 Å². The highest BCUT2D eigenvalue weighted by molar-refractivity contribution is 7.92. The Kier molecular flexibility index (Phi) is 9.12. The monoisotopic (exact) mass is 498 g/mol. The molecule has 1 amide bonds. The Balaban J connectivity index is 2.36. The van der Waals surface area contributed by atoms with Crippen LogP contribution in [0, 0.1) is 0 Å². The fraction of sp³-hybridized carbons (Fsp3) is 0.273. The Morgan fingerprint density at radius 3 is 2.44 bits per heavy atom. The summed E-state index contributed by atoms with van der Waals surface area (Å²) in [7, 11) is -4.09. The molecule has 0 aromatic heterocycles. The number of ether oxygens (including phenoxy) is 1. The molecule has 0 aliphatic heterocycles. The number of anilines is 1. The molecule has 2 rings (SSSR count). The fourth-order valence-corrected chi connectivity index (χ4v) is 4.47. The zero-order chi connectivity index (χ0) is 23.9. The average Bonchev–Trinajstić information content (AvgIpc) is 2.76. The van der Waals surface area contributed by atoms with E-state index in [1.807, 2.05) is 6.92 Å². The number of amides is 1. The molecule has 172 valence electrons. The lowest BCUT2D eigenvalue weighted by Gasteiger charge is -2.23. The Morgan fingerprint density at radius 1 is 1.19 bits per heavy atom. The van der Waals surface area contributed by atoms with Crippen LogP contribution in [-0.4, -0.2) is 39.5 Å². The molecule has 0 spiro atoms. The Bertz CT molecular complexity index is 1090. The van der Waals surface area contributed by atoms with Crippen LogP contribution in [0.2, 0.25) is 10.0 Å². The Hall–Kier alpha value is -2.55. The van der Waals surface area contributed by atoms with Crippen molar-refractivity contribution in [3.8, 4) is 0 Å². The summed E-state index contributed by atoms with van der Waals surface area (Å²) in [6, 6.07) is 9.97. The SMILES string of the molecule is C=CCN(c1ccc(Cl)cc1)S(=O)(=O)c1ccc(Cl)c(C(=O)OC(C)C(=O)NCCC)c1. The molecule has 2 aromatic rings. The van der Waals surface area contributed by atoms with Gasteiger partial charge in [-0.05, 0) is 55.8 Å². The standard InChI is InChI=1S/C22H24Cl2N2O5S/c1-4-12-25-21(27)15(3)31-22(28)19-14-18(10-11-20(19)24)32(29,30)26(13-5-2)17-8-6-16(23)7-9-17/h5-11,14-15H,2,4,12-13H2,1,3H3,(H,25,27). The number of nitrogens with zero attached hydrogens (tertiary/aromatic N) is 1. The van der Waals surface area contributed by atoms with E-state index < -0.39 is 28.0 Å². The van der Waals surface area contributed by atoms with E-state index in [-0.39, 0.29) is 22.0 Å². The van der Waals surface area contributed by atoms with Crippen LogP contribution in [0.15, 0.2) is 60.0 Å². The molecule has 0 radical (unpaired) electrons. The lowest BCUT2D eigenvalue weighted by molar-refractivity contribution is -0.129. The third-order valence-electron chi connectivity index (χ3n) is 4.36. The highest BCUT2D eigenvalue weighted by atomic mass is 35.5. The maximum Gasteiger partial charge on any atom is 0.340 e. The smallest absolute Gasteiger partial charge is 0.340 e. The predicted molar refractivity (Wildman–Crippen MR) is 126 cm³/mol. The summed E-state index contributed by atoms with van der Waals surface area (Å²) in [5.74, 6) is -1.37. The summed E-state index contributed by atoms with van der Waals surface area (Å²) in [6.45, 7) is 7.36. The van der Waals surface area contributed by atoms with Crippen molar-refractivity contribution in [2.45, 2.75) is 31.3 Å². The molecule has 10 heteroatoms.